The number of carbonyl (C=O) groups excluding carboxylic acids is 2. The number of thioether (sulfide) groups is 1. The molecule has 0 aliphatic carbocycles. The van der Waals surface area contributed by atoms with E-state index in [1.807, 2.05) is 66.7 Å². The number of nitrogens with zero attached hydrogens (tertiary/aromatic N) is 2. The minimum absolute atomic E-state index is 0.00854. The molecule has 4 aromatic carbocycles. The molecule has 0 unspecified atom stereocenters. The maximum Gasteiger partial charge on any atom is 0.293 e. The first-order valence-electron chi connectivity index (χ1n) is 12.2. The summed E-state index contributed by atoms with van der Waals surface area (Å²) in [5.74, 6) is 0.205. The van der Waals surface area contributed by atoms with Crippen molar-refractivity contribution >= 4 is 45.4 Å². The van der Waals surface area contributed by atoms with Crippen LogP contribution in [0.5, 0.6) is 5.75 Å². The van der Waals surface area contributed by atoms with E-state index < -0.39 is 4.92 Å². The van der Waals surface area contributed by atoms with Gasteiger partial charge in [0.05, 0.1) is 9.83 Å². The molecular formula is C30H24N2O5S. The highest BCUT2D eigenvalue weighted by Gasteiger charge is 2.34. The third kappa shape index (κ3) is 5.60. The Labute approximate surface area is 223 Å². The SMILES string of the molecule is O=C1S/C(=C/c2c(OCc3cccc([N+](=O)[O-])c3)ccc3ccccc23)C(=O)N1CCCc1ccccc1. The van der Waals surface area contributed by atoms with E-state index in [1.54, 1.807) is 18.2 Å². The van der Waals surface area contributed by atoms with Gasteiger partial charge in [0.15, 0.2) is 0 Å². The molecule has 1 saturated heterocycles. The number of rotatable bonds is 9. The second-order valence-corrected chi connectivity index (χ2v) is 9.83. The molecule has 1 aliphatic heterocycles. The molecule has 0 N–H and O–H groups in total. The highest BCUT2D eigenvalue weighted by atomic mass is 32.2. The van der Waals surface area contributed by atoms with Crippen LogP contribution in [0.3, 0.4) is 0 Å². The summed E-state index contributed by atoms with van der Waals surface area (Å²) in [5.41, 5.74) is 2.49. The molecule has 1 heterocycles. The van der Waals surface area contributed by atoms with Crippen LogP contribution in [0.1, 0.15) is 23.1 Å². The van der Waals surface area contributed by atoms with Crippen LogP contribution in [0.15, 0.2) is 95.9 Å². The molecule has 0 aromatic heterocycles. The van der Waals surface area contributed by atoms with Gasteiger partial charge in [-0.05, 0) is 58.6 Å². The number of fused-ring (bicyclic) bond motifs is 1. The van der Waals surface area contributed by atoms with Crippen molar-refractivity contribution in [2.75, 3.05) is 6.54 Å². The van der Waals surface area contributed by atoms with Crippen molar-refractivity contribution in [3.8, 4) is 5.75 Å². The van der Waals surface area contributed by atoms with Crippen molar-refractivity contribution in [1.29, 1.82) is 0 Å². The van der Waals surface area contributed by atoms with Crippen molar-refractivity contribution in [3.05, 3.63) is 123 Å². The number of carbonyl (C=O) groups is 2. The Kier molecular flexibility index (Phi) is 7.51. The summed E-state index contributed by atoms with van der Waals surface area (Å²) in [6.45, 7) is 0.463. The highest BCUT2D eigenvalue weighted by molar-refractivity contribution is 8.18. The minimum atomic E-state index is -0.444. The molecule has 4 aromatic rings. The van der Waals surface area contributed by atoms with Crippen molar-refractivity contribution in [2.45, 2.75) is 19.4 Å². The molecule has 2 amide bonds. The molecule has 0 spiro atoms. The summed E-state index contributed by atoms with van der Waals surface area (Å²) in [4.78, 5) is 38.2. The molecule has 0 saturated carbocycles. The van der Waals surface area contributed by atoms with Crippen molar-refractivity contribution < 1.29 is 19.2 Å². The third-order valence-electron chi connectivity index (χ3n) is 6.29. The lowest BCUT2D eigenvalue weighted by molar-refractivity contribution is -0.384. The Morgan fingerprint density at radius 3 is 2.47 bits per heavy atom. The zero-order valence-corrected chi connectivity index (χ0v) is 21.2. The second kappa shape index (κ2) is 11.3. The molecule has 0 radical (unpaired) electrons. The Hall–Kier alpha value is -4.43. The van der Waals surface area contributed by atoms with E-state index in [9.17, 15) is 19.7 Å². The van der Waals surface area contributed by atoms with Gasteiger partial charge in [-0.2, -0.15) is 0 Å². The van der Waals surface area contributed by atoms with Gasteiger partial charge in [0.2, 0.25) is 0 Å². The first-order chi connectivity index (χ1) is 18.5. The van der Waals surface area contributed by atoms with Crippen LogP contribution >= 0.6 is 11.8 Å². The van der Waals surface area contributed by atoms with Crippen LogP contribution in [0, 0.1) is 10.1 Å². The Morgan fingerprint density at radius 1 is 0.895 bits per heavy atom. The van der Waals surface area contributed by atoms with Gasteiger partial charge in [-0.3, -0.25) is 24.6 Å². The van der Waals surface area contributed by atoms with Gasteiger partial charge in [-0.25, -0.2) is 0 Å². The number of nitro benzene ring substituents is 1. The smallest absolute Gasteiger partial charge is 0.293 e. The van der Waals surface area contributed by atoms with Crippen LogP contribution in [0.4, 0.5) is 10.5 Å². The van der Waals surface area contributed by atoms with E-state index >= 15 is 0 Å². The summed E-state index contributed by atoms with van der Waals surface area (Å²) in [5, 5.41) is 12.7. The largest absolute Gasteiger partial charge is 0.488 e. The van der Waals surface area contributed by atoms with Gasteiger partial charge in [0.25, 0.3) is 16.8 Å². The van der Waals surface area contributed by atoms with E-state index in [-0.39, 0.29) is 23.4 Å². The summed E-state index contributed by atoms with van der Waals surface area (Å²) in [6.07, 6.45) is 3.18. The predicted molar refractivity (Wildman–Crippen MR) is 149 cm³/mol. The molecule has 0 atom stereocenters. The quantitative estimate of drug-likeness (QED) is 0.133. The number of hydrogen-bond acceptors (Lipinski definition) is 6. The number of amides is 2. The van der Waals surface area contributed by atoms with E-state index in [2.05, 4.69) is 0 Å². The summed E-state index contributed by atoms with van der Waals surface area (Å²) < 4.78 is 6.09. The molecule has 8 heteroatoms. The number of benzene rings is 4. The summed E-state index contributed by atoms with van der Waals surface area (Å²) >= 11 is 0.928. The Bertz CT molecular complexity index is 1550. The zero-order chi connectivity index (χ0) is 26.5. The van der Waals surface area contributed by atoms with E-state index in [1.165, 1.54) is 17.0 Å². The average Bonchev–Trinajstić information content (AvgIpc) is 3.20. The Morgan fingerprint density at radius 2 is 1.66 bits per heavy atom. The predicted octanol–water partition coefficient (Wildman–Crippen LogP) is 7.00. The standard InChI is InChI=1S/C30H24N2O5S/c33-29-28(38-30(34)31(29)17-7-11-21-8-2-1-3-9-21)19-26-25-14-5-4-12-23(25)15-16-27(26)37-20-22-10-6-13-24(18-22)32(35)36/h1-6,8-10,12-16,18-19H,7,11,17,20H2/b28-19+. The third-order valence-corrected chi connectivity index (χ3v) is 7.19. The Balaban J connectivity index is 1.39. The van der Waals surface area contributed by atoms with Gasteiger partial charge < -0.3 is 4.74 Å². The van der Waals surface area contributed by atoms with Crippen LogP contribution in [0.2, 0.25) is 0 Å². The number of imide groups is 1. The maximum absolute atomic E-state index is 13.2. The van der Waals surface area contributed by atoms with Crippen molar-refractivity contribution in [1.82, 2.24) is 4.90 Å². The lowest BCUT2D eigenvalue weighted by atomic mass is 10.0. The number of hydrogen-bond donors (Lipinski definition) is 0. The topological polar surface area (TPSA) is 89.7 Å². The van der Waals surface area contributed by atoms with Crippen LogP contribution in [0.25, 0.3) is 16.8 Å². The van der Waals surface area contributed by atoms with E-state index in [0.29, 0.717) is 34.7 Å². The summed E-state index contributed by atoms with van der Waals surface area (Å²) in [6, 6.07) is 27.7. The number of aryl methyl sites for hydroxylation is 1. The first-order valence-corrected chi connectivity index (χ1v) is 13.0. The fourth-order valence-corrected chi connectivity index (χ4v) is 5.23. The molecule has 7 nitrogen and oxygen atoms in total. The van der Waals surface area contributed by atoms with Crippen molar-refractivity contribution in [3.63, 3.8) is 0 Å². The number of non-ortho nitro benzene ring substituents is 1. The second-order valence-electron chi connectivity index (χ2n) is 8.84. The average molecular weight is 525 g/mol. The summed E-state index contributed by atoms with van der Waals surface area (Å²) in [7, 11) is 0. The van der Waals surface area contributed by atoms with Crippen LogP contribution in [-0.4, -0.2) is 27.5 Å². The maximum atomic E-state index is 13.2. The molecule has 190 valence electrons. The van der Waals surface area contributed by atoms with Gasteiger partial charge in [-0.15, -0.1) is 0 Å². The lowest BCUT2D eigenvalue weighted by Gasteiger charge is -2.13. The minimum Gasteiger partial charge on any atom is -0.488 e. The van der Waals surface area contributed by atoms with E-state index in [4.69, 9.17) is 4.74 Å². The molecule has 0 bridgehead atoms. The molecular weight excluding hydrogens is 500 g/mol. The van der Waals surface area contributed by atoms with Gasteiger partial charge in [-0.1, -0.05) is 72.8 Å². The van der Waals surface area contributed by atoms with E-state index in [0.717, 1.165) is 34.5 Å². The van der Waals surface area contributed by atoms with Gasteiger partial charge >= 0.3 is 0 Å². The fraction of sp³-hybridized carbons (Fsp3) is 0.133. The fourth-order valence-electron chi connectivity index (χ4n) is 4.38. The normalized spacial score (nSPS) is 14.4. The van der Waals surface area contributed by atoms with Crippen LogP contribution in [-0.2, 0) is 17.8 Å². The lowest BCUT2D eigenvalue weighted by Crippen LogP contribution is -2.29. The molecule has 38 heavy (non-hydrogen) atoms. The number of ether oxygens (including phenoxy) is 1. The highest BCUT2D eigenvalue weighted by Crippen LogP contribution is 2.37. The molecule has 1 fully saturated rings. The zero-order valence-electron chi connectivity index (χ0n) is 20.4. The molecule has 1 aliphatic rings. The first kappa shape index (κ1) is 25.2. The van der Waals surface area contributed by atoms with Gasteiger partial charge in [0.1, 0.15) is 12.4 Å². The van der Waals surface area contributed by atoms with Crippen molar-refractivity contribution in [2.24, 2.45) is 0 Å². The van der Waals surface area contributed by atoms with Gasteiger partial charge in [0, 0.05) is 24.2 Å². The molecule has 5 rings (SSSR count). The monoisotopic (exact) mass is 524 g/mol. The van der Waals surface area contributed by atoms with Crippen LogP contribution < -0.4 is 4.74 Å². The number of nitro groups is 1.